The first-order chi connectivity index (χ1) is 22.8. The fraction of sp³-hybridized carbons (Fsp3) is 0. The molecule has 0 radical (unpaired) electrons. The first-order valence-electron chi connectivity index (χ1n) is 15.5. The summed E-state index contributed by atoms with van der Waals surface area (Å²) in [4.78, 5) is 14.9. The average Bonchev–Trinajstić information content (AvgIpc) is 3.68. The summed E-state index contributed by atoms with van der Waals surface area (Å²) in [5.74, 6) is 0.829. The van der Waals surface area contributed by atoms with Gasteiger partial charge in [-0.25, -0.2) is 9.97 Å². The molecule has 0 saturated heterocycles. The molecular weight excluding hydrogens is 562 g/mol. The highest BCUT2D eigenvalue weighted by Crippen LogP contribution is 2.37. The first-order valence-corrected chi connectivity index (χ1v) is 15.5. The van der Waals surface area contributed by atoms with Gasteiger partial charge in [0.15, 0.2) is 0 Å². The molecule has 0 aliphatic carbocycles. The molecule has 0 bridgehead atoms. The number of hydrogen-bond donors (Lipinski definition) is 0. The Bertz CT molecular complexity index is 2800. The molecule has 10 rings (SSSR count). The van der Waals surface area contributed by atoms with Crippen molar-refractivity contribution in [3.05, 3.63) is 152 Å². The van der Waals surface area contributed by atoms with Crippen molar-refractivity contribution in [1.29, 1.82) is 0 Å². The summed E-state index contributed by atoms with van der Waals surface area (Å²) in [5, 5.41) is 4.57. The third-order valence-electron chi connectivity index (χ3n) is 9.17. The topological polar surface area (TPSA) is 48.0 Å². The highest BCUT2D eigenvalue weighted by Gasteiger charge is 2.20. The fourth-order valence-corrected chi connectivity index (χ4v) is 7.04. The largest absolute Gasteiger partial charge is 0.279 e. The van der Waals surface area contributed by atoms with Crippen molar-refractivity contribution in [2.45, 2.75) is 0 Å². The Hall–Kier alpha value is -6.33. The number of pyridine rings is 1. The molecule has 0 aliphatic rings. The van der Waals surface area contributed by atoms with E-state index in [9.17, 15) is 0 Å². The second-order valence-corrected chi connectivity index (χ2v) is 11.7. The molecule has 6 aromatic carbocycles. The second kappa shape index (κ2) is 9.58. The fourth-order valence-electron chi connectivity index (χ4n) is 7.04. The number of nitrogens with zero attached hydrogens (tertiary/aromatic N) is 5. The van der Waals surface area contributed by atoms with Crippen molar-refractivity contribution >= 4 is 60.3 Å². The normalized spacial score (nSPS) is 11.9. The van der Waals surface area contributed by atoms with E-state index in [4.69, 9.17) is 9.97 Å². The number of fused-ring (bicyclic) bond motifs is 9. The molecular formula is C41H25N5. The third kappa shape index (κ3) is 3.60. The number of imidazole rings is 1. The van der Waals surface area contributed by atoms with Crippen molar-refractivity contribution in [2.75, 3.05) is 0 Å². The molecule has 4 aromatic heterocycles. The van der Waals surface area contributed by atoms with Crippen LogP contribution in [-0.2, 0) is 0 Å². The van der Waals surface area contributed by atoms with Gasteiger partial charge in [0.05, 0.1) is 33.1 Å². The number of para-hydroxylation sites is 4. The second-order valence-electron chi connectivity index (χ2n) is 11.7. The van der Waals surface area contributed by atoms with Gasteiger partial charge >= 0.3 is 0 Å². The van der Waals surface area contributed by atoms with Crippen LogP contribution < -0.4 is 0 Å². The number of benzene rings is 6. The van der Waals surface area contributed by atoms with Crippen LogP contribution in [0.2, 0.25) is 0 Å². The summed E-state index contributed by atoms with van der Waals surface area (Å²) in [7, 11) is 0. The SMILES string of the molecule is c1cc(-c2ccc(-c3ccc4c(c3)c3ccccc3n4-c3nc4ccccc4c4nc5ccccc5n34)cc2)c2cccnc2c1. The van der Waals surface area contributed by atoms with Gasteiger partial charge in [-0.2, -0.15) is 0 Å². The molecule has 0 fully saturated rings. The summed E-state index contributed by atoms with van der Waals surface area (Å²) in [6.45, 7) is 0. The lowest BCUT2D eigenvalue weighted by molar-refractivity contribution is 0.979. The smallest absolute Gasteiger partial charge is 0.221 e. The van der Waals surface area contributed by atoms with Gasteiger partial charge in [0.2, 0.25) is 5.95 Å². The average molecular weight is 588 g/mol. The van der Waals surface area contributed by atoms with Gasteiger partial charge in [0.25, 0.3) is 0 Å². The molecule has 0 aliphatic heterocycles. The number of hydrogen-bond acceptors (Lipinski definition) is 3. The van der Waals surface area contributed by atoms with Gasteiger partial charge in [-0.3, -0.25) is 14.0 Å². The molecule has 0 spiro atoms. The van der Waals surface area contributed by atoms with E-state index in [-0.39, 0.29) is 0 Å². The molecule has 46 heavy (non-hydrogen) atoms. The summed E-state index contributed by atoms with van der Waals surface area (Å²) in [5.41, 5.74) is 11.8. The quantitative estimate of drug-likeness (QED) is 0.207. The van der Waals surface area contributed by atoms with Crippen LogP contribution in [0, 0.1) is 0 Å². The van der Waals surface area contributed by atoms with Crippen LogP contribution in [0.15, 0.2) is 152 Å². The minimum atomic E-state index is 0.829. The van der Waals surface area contributed by atoms with E-state index in [1.165, 1.54) is 33.0 Å². The maximum atomic E-state index is 5.29. The minimum Gasteiger partial charge on any atom is -0.279 e. The molecule has 0 unspecified atom stereocenters. The molecule has 214 valence electrons. The standard InChI is InChI=1S/C41H25N5/c1-3-13-35-32(10-1)40-43-36-14-4-6-17-39(36)46(40)41(44-35)45-37-16-5-2-9-31(37)33-25-28(22-23-38(33)45)26-18-20-27(21-19-26)29-11-7-15-34-30(29)12-8-24-42-34/h1-25H. The third-order valence-corrected chi connectivity index (χ3v) is 9.17. The van der Waals surface area contributed by atoms with Gasteiger partial charge in [-0.05, 0) is 76.9 Å². The molecule has 10 aromatic rings. The lowest BCUT2D eigenvalue weighted by atomic mass is 9.97. The van der Waals surface area contributed by atoms with E-state index in [2.05, 4.69) is 141 Å². The predicted octanol–water partition coefficient (Wildman–Crippen LogP) is 10.0. The van der Waals surface area contributed by atoms with Crippen LogP contribution in [0.5, 0.6) is 0 Å². The van der Waals surface area contributed by atoms with Crippen LogP contribution in [0.3, 0.4) is 0 Å². The maximum Gasteiger partial charge on any atom is 0.221 e. The summed E-state index contributed by atoms with van der Waals surface area (Å²) < 4.78 is 4.50. The van der Waals surface area contributed by atoms with Gasteiger partial charge in [0.1, 0.15) is 5.65 Å². The summed E-state index contributed by atoms with van der Waals surface area (Å²) in [6, 6.07) is 51.3. The Morgan fingerprint density at radius 2 is 1.09 bits per heavy atom. The summed E-state index contributed by atoms with van der Waals surface area (Å²) in [6.07, 6.45) is 1.85. The highest BCUT2D eigenvalue weighted by atomic mass is 15.2. The Balaban J connectivity index is 1.18. The Morgan fingerprint density at radius 3 is 1.98 bits per heavy atom. The molecule has 0 amide bonds. The molecule has 0 atom stereocenters. The Labute approximate surface area is 263 Å². The van der Waals surface area contributed by atoms with Gasteiger partial charge < -0.3 is 0 Å². The van der Waals surface area contributed by atoms with Crippen LogP contribution in [0.1, 0.15) is 0 Å². The van der Waals surface area contributed by atoms with E-state index in [1.54, 1.807) is 0 Å². The van der Waals surface area contributed by atoms with Gasteiger partial charge in [-0.1, -0.05) is 91.0 Å². The molecule has 0 saturated carbocycles. The van der Waals surface area contributed by atoms with Crippen LogP contribution >= 0.6 is 0 Å². The zero-order valence-electron chi connectivity index (χ0n) is 24.7. The lowest BCUT2D eigenvalue weighted by Gasteiger charge is -2.12. The molecule has 5 nitrogen and oxygen atoms in total. The van der Waals surface area contributed by atoms with Crippen molar-refractivity contribution in [1.82, 2.24) is 23.9 Å². The van der Waals surface area contributed by atoms with Crippen molar-refractivity contribution in [2.24, 2.45) is 0 Å². The molecule has 0 N–H and O–H groups in total. The van der Waals surface area contributed by atoms with E-state index >= 15 is 0 Å². The van der Waals surface area contributed by atoms with E-state index in [1.807, 2.05) is 24.4 Å². The van der Waals surface area contributed by atoms with E-state index in [0.29, 0.717) is 0 Å². The maximum absolute atomic E-state index is 5.29. The van der Waals surface area contributed by atoms with Crippen molar-refractivity contribution in [3.8, 4) is 28.2 Å². The molecule has 4 heterocycles. The van der Waals surface area contributed by atoms with Crippen molar-refractivity contribution < 1.29 is 0 Å². The monoisotopic (exact) mass is 587 g/mol. The Kier molecular flexibility index (Phi) is 5.22. The van der Waals surface area contributed by atoms with Crippen molar-refractivity contribution in [3.63, 3.8) is 0 Å². The predicted molar refractivity (Wildman–Crippen MR) is 189 cm³/mol. The lowest BCUT2D eigenvalue weighted by Crippen LogP contribution is -2.06. The minimum absolute atomic E-state index is 0.829. The zero-order valence-corrected chi connectivity index (χ0v) is 24.7. The zero-order chi connectivity index (χ0) is 30.2. The Morgan fingerprint density at radius 1 is 0.413 bits per heavy atom. The summed E-state index contributed by atoms with van der Waals surface area (Å²) >= 11 is 0. The first kappa shape index (κ1) is 25.0. The number of aromatic nitrogens is 5. The molecule has 5 heteroatoms. The van der Waals surface area contributed by atoms with Crippen LogP contribution in [0.4, 0.5) is 0 Å². The van der Waals surface area contributed by atoms with Gasteiger partial charge in [-0.15, -0.1) is 0 Å². The van der Waals surface area contributed by atoms with Crippen LogP contribution in [0.25, 0.3) is 88.5 Å². The van der Waals surface area contributed by atoms with E-state index in [0.717, 1.165) is 55.5 Å². The van der Waals surface area contributed by atoms with Crippen LogP contribution in [-0.4, -0.2) is 23.9 Å². The number of rotatable bonds is 3. The van der Waals surface area contributed by atoms with Gasteiger partial charge in [0, 0.05) is 27.7 Å². The van der Waals surface area contributed by atoms with E-state index < -0.39 is 0 Å². The highest BCUT2D eigenvalue weighted by molar-refractivity contribution is 6.11.